The average Bonchev–Trinajstić information content (AvgIpc) is 2.71. The average molecular weight is 365 g/mol. The van der Waals surface area contributed by atoms with Crippen molar-refractivity contribution < 1.29 is 19.0 Å². The van der Waals surface area contributed by atoms with Crippen LogP contribution in [0.25, 0.3) is 10.8 Å². The lowest BCUT2D eigenvalue weighted by Gasteiger charge is -2.16. The van der Waals surface area contributed by atoms with Crippen LogP contribution in [0.15, 0.2) is 66.7 Å². The summed E-state index contributed by atoms with van der Waals surface area (Å²) in [5.74, 6) is 2.02. The molecular weight excluding hydrogens is 342 g/mol. The summed E-state index contributed by atoms with van der Waals surface area (Å²) >= 11 is 0. The van der Waals surface area contributed by atoms with Crippen LogP contribution in [0.4, 0.5) is 0 Å². The molecule has 0 aliphatic carbocycles. The zero-order chi connectivity index (χ0) is 19.1. The highest BCUT2D eigenvalue weighted by Gasteiger charge is 2.15. The highest BCUT2D eigenvalue weighted by atomic mass is 16.5. The number of fused-ring (bicyclic) bond motifs is 1. The molecule has 3 rings (SSSR count). The molecule has 5 heteroatoms. The summed E-state index contributed by atoms with van der Waals surface area (Å²) < 4.78 is 16.6. The van der Waals surface area contributed by atoms with Gasteiger partial charge in [0.2, 0.25) is 0 Å². The summed E-state index contributed by atoms with van der Waals surface area (Å²) in [6.45, 7) is 2.51. The van der Waals surface area contributed by atoms with Gasteiger partial charge in [-0.3, -0.25) is 4.79 Å². The first-order valence-electron chi connectivity index (χ1n) is 8.86. The van der Waals surface area contributed by atoms with Gasteiger partial charge in [-0.05, 0) is 42.6 Å². The molecule has 0 saturated carbocycles. The summed E-state index contributed by atoms with van der Waals surface area (Å²) in [6.07, 6.45) is -0.600. The molecule has 0 aromatic heterocycles. The highest BCUT2D eigenvalue weighted by molar-refractivity contribution is 5.89. The molecule has 3 aromatic carbocycles. The Bertz CT molecular complexity index is 887. The zero-order valence-corrected chi connectivity index (χ0v) is 15.5. The number of carbonyl (C=O) groups excluding carboxylic acids is 1. The highest BCUT2D eigenvalue weighted by Crippen LogP contribution is 2.26. The Morgan fingerprint density at radius 2 is 1.67 bits per heavy atom. The third-order valence-corrected chi connectivity index (χ3v) is 4.15. The molecule has 0 aliphatic rings. The van der Waals surface area contributed by atoms with E-state index in [-0.39, 0.29) is 5.91 Å². The summed E-state index contributed by atoms with van der Waals surface area (Å²) in [4.78, 5) is 12.3. The van der Waals surface area contributed by atoms with E-state index in [1.54, 1.807) is 14.0 Å². The largest absolute Gasteiger partial charge is 0.497 e. The van der Waals surface area contributed by atoms with Gasteiger partial charge in [-0.1, -0.05) is 36.4 Å². The van der Waals surface area contributed by atoms with Gasteiger partial charge in [0.05, 0.1) is 13.7 Å². The number of rotatable bonds is 8. The smallest absolute Gasteiger partial charge is 0.260 e. The van der Waals surface area contributed by atoms with Crippen LogP contribution in [-0.2, 0) is 4.79 Å². The topological polar surface area (TPSA) is 56.8 Å². The Labute approximate surface area is 158 Å². The van der Waals surface area contributed by atoms with E-state index in [4.69, 9.17) is 14.2 Å². The van der Waals surface area contributed by atoms with Gasteiger partial charge in [0, 0.05) is 5.39 Å². The van der Waals surface area contributed by atoms with Gasteiger partial charge in [-0.2, -0.15) is 0 Å². The van der Waals surface area contributed by atoms with Crippen molar-refractivity contribution in [2.75, 3.05) is 20.3 Å². The lowest BCUT2D eigenvalue weighted by Crippen LogP contribution is -2.38. The summed E-state index contributed by atoms with van der Waals surface area (Å²) in [5.41, 5.74) is 0. The first kappa shape index (κ1) is 18.6. The first-order chi connectivity index (χ1) is 13.2. The van der Waals surface area contributed by atoms with Crippen molar-refractivity contribution in [2.45, 2.75) is 13.0 Å². The molecule has 0 spiro atoms. The van der Waals surface area contributed by atoms with Crippen LogP contribution < -0.4 is 19.5 Å². The molecule has 0 bridgehead atoms. The Kier molecular flexibility index (Phi) is 6.15. The van der Waals surface area contributed by atoms with Crippen molar-refractivity contribution >= 4 is 16.7 Å². The second-order valence-electron chi connectivity index (χ2n) is 6.05. The second-order valence-corrected chi connectivity index (χ2v) is 6.05. The van der Waals surface area contributed by atoms with Crippen molar-refractivity contribution in [3.63, 3.8) is 0 Å². The van der Waals surface area contributed by atoms with Crippen LogP contribution in [0, 0.1) is 0 Å². The molecule has 0 fully saturated rings. The fourth-order valence-corrected chi connectivity index (χ4v) is 2.70. The Morgan fingerprint density at radius 1 is 0.963 bits per heavy atom. The molecule has 0 aliphatic heterocycles. The normalized spacial score (nSPS) is 11.6. The molecule has 1 N–H and O–H groups in total. The maximum Gasteiger partial charge on any atom is 0.260 e. The van der Waals surface area contributed by atoms with Crippen LogP contribution >= 0.6 is 0 Å². The predicted molar refractivity (Wildman–Crippen MR) is 106 cm³/mol. The van der Waals surface area contributed by atoms with E-state index in [9.17, 15) is 4.79 Å². The van der Waals surface area contributed by atoms with Crippen molar-refractivity contribution in [1.82, 2.24) is 5.32 Å². The maximum absolute atomic E-state index is 12.3. The van der Waals surface area contributed by atoms with Crippen molar-refractivity contribution in [3.8, 4) is 17.2 Å². The minimum Gasteiger partial charge on any atom is -0.497 e. The molecule has 0 radical (unpaired) electrons. The number of carbonyl (C=O) groups is 1. The lowest BCUT2D eigenvalue weighted by atomic mass is 10.1. The van der Waals surface area contributed by atoms with Crippen LogP contribution in [0.2, 0.25) is 0 Å². The molecule has 140 valence electrons. The van der Waals surface area contributed by atoms with E-state index in [2.05, 4.69) is 5.32 Å². The van der Waals surface area contributed by atoms with Gasteiger partial charge < -0.3 is 19.5 Å². The molecular formula is C22H23NO4. The molecule has 1 amide bonds. The zero-order valence-electron chi connectivity index (χ0n) is 15.5. The van der Waals surface area contributed by atoms with Crippen LogP contribution in [0.1, 0.15) is 6.92 Å². The third-order valence-electron chi connectivity index (χ3n) is 4.15. The van der Waals surface area contributed by atoms with E-state index in [0.717, 1.165) is 22.3 Å². The van der Waals surface area contributed by atoms with Crippen LogP contribution in [-0.4, -0.2) is 32.3 Å². The van der Waals surface area contributed by atoms with E-state index < -0.39 is 6.10 Å². The van der Waals surface area contributed by atoms with Gasteiger partial charge in [0.25, 0.3) is 5.91 Å². The minimum atomic E-state index is -0.600. The van der Waals surface area contributed by atoms with Crippen molar-refractivity contribution in [2.24, 2.45) is 0 Å². The quantitative estimate of drug-likeness (QED) is 0.617. The second kappa shape index (κ2) is 8.94. The standard InChI is InChI=1S/C22H23NO4/c1-16(27-21-9-5-7-17-6-3-4-8-20(17)21)22(24)23-14-15-26-19-12-10-18(25-2)11-13-19/h3-13,16H,14-15H2,1-2H3,(H,23,24). The van der Waals surface area contributed by atoms with Gasteiger partial charge in [0.15, 0.2) is 6.10 Å². The summed E-state index contributed by atoms with van der Waals surface area (Å²) in [6, 6.07) is 21.1. The molecule has 3 aromatic rings. The SMILES string of the molecule is COc1ccc(OCCNC(=O)C(C)Oc2cccc3ccccc23)cc1. The van der Waals surface area contributed by atoms with Crippen molar-refractivity contribution in [3.05, 3.63) is 66.7 Å². The van der Waals surface area contributed by atoms with Gasteiger partial charge in [-0.15, -0.1) is 0 Å². The Morgan fingerprint density at radius 3 is 2.44 bits per heavy atom. The van der Waals surface area contributed by atoms with Gasteiger partial charge >= 0.3 is 0 Å². The minimum absolute atomic E-state index is 0.179. The third kappa shape index (κ3) is 4.91. The Hall–Kier alpha value is -3.21. The van der Waals surface area contributed by atoms with Gasteiger partial charge in [0.1, 0.15) is 23.9 Å². The summed E-state index contributed by atoms with van der Waals surface area (Å²) in [7, 11) is 1.62. The summed E-state index contributed by atoms with van der Waals surface area (Å²) in [5, 5.41) is 4.90. The maximum atomic E-state index is 12.3. The molecule has 1 unspecified atom stereocenters. The molecule has 5 nitrogen and oxygen atoms in total. The van der Waals surface area contributed by atoms with E-state index >= 15 is 0 Å². The number of nitrogens with one attached hydrogen (secondary N) is 1. The van der Waals surface area contributed by atoms with Crippen molar-refractivity contribution in [1.29, 1.82) is 0 Å². The number of hydrogen-bond donors (Lipinski definition) is 1. The van der Waals surface area contributed by atoms with E-state index in [1.165, 1.54) is 0 Å². The number of amides is 1. The molecule has 0 heterocycles. The van der Waals surface area contributed by atoms with E-state index in [1.807, 2.05) is 66.7 Å². The lowest BCUT2D eigenvalue weighted by molar-refractivity contribution is -0.127. The first-order valence-corrected chi connectivity index (χ1v) is 8.86. The predicted octanol–water partition coefficient (Wildman–Crippen LogP) is 3.81. The number of ether oxygens (including phenoxy) is 3. The number of benzene rings is 3. The number of methoxy groups -OCH3 is 1. The van der Waals surface area contributed by atoms with E-state index in [0.29, 0.717) is 18.9 Å². The van der Waals surface area contributed by atoms with Crippen LogP contribution in [0.3, 0.4) is 0 Å². The molecule has 0 saturated heterocycles. The Balaban J connectivity index is 1.47. The van der Waals surface area contributed by atoms with Crippen LogP contribution in [0.5, 0.6) is 17.2 Å². The number of hydrogen-bond acceptors (Lipinski definition) is 4. The molecule has 1 atom stereocenters. The fourth-order valence-electron chi connectivity index (χ4n) is 2.70. The fraction of sp³-hybridized carbons (Fsp3) is 0.227. The van der Waals surface area contributed by atoms with Gasteiger partial charge in [-0.25, -0.2) is 0 Å². The monoisotopic (exact) mass is 365 g/mol. The molecule has 27 heavy (non-hydrogen) atoms.